The van der Waals surface area contributed by atoms with Crippen molar-refractivity contribution < 1.29 is 4.79 Å². The lowest BCUT2D eigenvalue weighted by Crippen LogP contribution is -2.28. The molecule has 0 heterocycles. The number of amides is 1. The molecule has 2 atom stereocenters. The van der Waals surface area contributed by atoms with E-state index in [1.54, 1.807) is 7.05 Å². The van der Waals surface area contributed by atoms with Crippen molar-refractivity contribution in [3.63, 3.8) is 0 Å². The Balaban J connectivity index is 2.37. The molecule has 11 heavy (non-hydrogen) atoms. The smallest absolute Gasteiger partial charge is 0.226 e. The van der Waals surface area contributed by atoms with Crippen LogP contribution in [0.2, 0.25) is 0 Å². The van der Waals surface area contributed by atoms with E-state index in [4.69, 9.17) is 5.26 Å². The number of carbonyl (C=O) groups is 1. The zero-order valence-electron chi connectivity index (χ0n) is 6.87. The fraction of sp³-hybridized carbons (Fsp3) is 0.750. The molecule has 0 aromatic rings. The zero-order valence-corrected chi connectivity index (χ0v) is 6.87. The Bertz CT molecular complexity index is 207. The van der Waals surface area contributed by atoms with Crippen LogP contribution in [0.25, 0.3) is 0 Å². The first-order chi connectivity index (χ1) is 5.16. The summed E-state index contributed by atoms with van der Waals surface area (Å²) in [6, 6.07) is 1.95. The standard InChI is InChI=1S/C8H12N2O/c1-6-5-7(6)8(11)10(2)4-3-9/h6-7H,4-5H2,1-2H3. The molecular formula is C8H12N2O. The van der Waals surface area contributed by atoms with Crippen LogP contribution in [0.15, 0.2) is 0 Å². The predicted molar refractivity (Wildman–Crippen MR) is 40.5 cm³/mol. The van der Waals surface area contributed by atoms with Crippen molar-refractivity contribution in [2.75, 3.05) is 13.6 Å². The van der Waals surface area contributed by atoms with Gasteiger partial charge in [0.05, 0.1) is 6.07 Å². The average Bonchev–Trinajstić information content (AvgIpc) is 2.66. The minimum Gasteiger partial charge on any atom is -0.332 e. The van der Waals surface area contributed by atoms with E-state index in [9.17, 15) is 4.79 Å². The van der Waals surface area contributed by atoms with Gasteiger partial charge in [-0.3, -0.25) is 4.79 Å². The van der Waals surface area contributed by atoms with Gasteiger partial charge in [0, 0.05) is 13.0 Å². The Hall–Kier alpha value is -1.04. The zero-order chi connectivity index (χ0) is 8.43. The molecule has 1 amide bonds. The summed E-state index contributed by atoms with van der Waals surface area (Å²) < 4.78 is 0. The van der Waals surface area contributed by atoms with Crippen molar-refractivity contribution in [2.45, 2.75) is 13.3 Å². The van der Waals surface area contributed by atoms with Crippen molar-refractivity contribution in [1.29, 1.82) is 5.26 Å². The molecule has 0 saturated heterocycles. The summed E-state index contributed by atoms with van der Waals surface area (Å²) in [5.41, 5.74) is 0. The summed E-state index contributed by atoms with van der Waals surface area (Å²) in [5, 5.41) is 8.31. The van der Waals surface area contributed by atoms with Crippen LogP contribution in [0.1, 0.15) is 13.3 Å². The van der Waals surface area contributed by atoms with Gasteiger partial charge in [0.25, 0.3) is 0 Å². The number of hydrogen-bond donors (Lipinski definition) is 0. The maximum atomic E-state index is 11.3. The largest absolute Gasteiger partial charge is 0.332 e. The van der Waals surface area contributed by atoms with Crippen molar-refractivity contribution >= 4 is 5.91 Å². The second-order valence-corrected chi connectivity index (χ2v) is 3.17. The van der Waals surface area contributed by atoms with E-state index < -0.39 is 0 Å². The van der Waals surface area contributed by atoms with Crippen LogP contribution in [0.3, 0.4) is 0 Å². The highest BCUT2D eigenvalue weighted by molar-refractivity contribution is 5.81. The maximum absolute atomic E-state index is 11.3. The third-order valence-electron chi connectivity index (χ3n) is 2.11. The quantitative estimate of drug-likeness (QED) is 0.544. The van der Waals surface area contributed by atoms with Crippen molar-refractivity contribution in [3.8, 4) is 6.07 Å². The van der Waals surface area contributed by atoms with E-state index in [0.29, 0.717) is 5.92 Å². The maximum Gasteiger partial charge on any atom is 0.226 e. The number of nitrogens with zero attached hydrogens (tertiary/aromatic N) is 2. The molecule has 1 aliphatic rings. The molecule has 0 N–H and O–H groups in total. The Morgan fingerprint density at radius 1 is 1.82 bits per heavy atom. The van der Waals surface area contributed by atoms with Crippen LogP contribution in [-0.2, 0) is 4.79 Å². The van der Waals surface area contributed by atoms with Gasteiger partial charge in [-0.1, -0.05) is 6.92 Å². The molecule has 0 spiro atoms. The van der Waals surface area contributed by atoms with E-state index in [1.165, 1.54) is 4.90 Å². The molecule has 0 aromatic carbocycles. The van der Waals surface area contributed by atoms with E-state index in [2.05, 4.69) is 6.92 Å². The number of rotatable bonds is 2. The minimum atomic E-state index is 0.124. The summed E-state index contributed by atoms with van der Waals surface area (Å²) in [5.74, 6) is 0.857. The first-order valence-corrected chi connectivity index (χ1v) is 3.78. The molecule has 1 saturated carbocycles. The van der Waals surface area contributed by atoms with Gasteiger partial charge in [-0.15, -0.1) is 0 Å². The molecule has 2 unspecified atom stereocenters. The third kappa shape index (κ3) is 1.70. The Morgan fingerprint density at radius 3 is 2.73 bits per heavy atom. The average molecular weight is 152 g/mol. The lowest BCUT2D eigenvalue weighted by Gasteiger charge is -2.11. The van der Waals surface area contributed by atoms with Gasteiger partial charge in [0.2, 0.25) is 5.91 Å². The Morgan fingerprint density at radius 2 is 2.36 bits per heavy atom. The van der Waals surface area contributed by atoms with Gasteiger partial charge < -0.3 is 4.90 Å². The van der Waals surface area contributed by atoms with Crippen LogP contribution < -0.4 is 0 Å². The third-order valence-corrected chi connectivity index (χ3v) is 2.11. The molecule has 1 aliphatic carbocycles. The van der Waals surface area contributed by atoms with Gasteiger partial charge in [-0.2, -0.15) is 5.26 Å². The summed E-state index contributed by atoms with van der Waals surface area (Å²) in [7, 11) is 1.68. The highest BCUT2D eigenvalue weighted by Crippen LogP contribution is 2.38. The summed E-state index contributed by atoms with van der Waals surface area (Å²) in [4.78, 5) is 12.8. The monoisotopic (exact) mass is 152 g/mol. The Kier molecular flexibility index (Phi) is 2.13. The summed E-state index contributed by atoms with van der Waals surface area (Å²) >= 11 is 0. The fourth-order valence-electron chi connectivity index (χ4n) is 1.13. The van der Waals surface area contributed by atoms with Crippen LogP contribution >= 0.6 is 0 Å². The molecular weight excluding hydrogens is 140 g/mol. The molecule has 3 heteroatoms. The lowest BCUT2D eigenvalue weighted by molar-refractivity contribution is -0.130. The number of nitriles is 1. The lowest BCUT2D eigenvalue weighted by atomic mass is 10.3. The first-order valence-electron chi connectivity index (χ1n) is 3.78. The van der Waals surface area contributed by atoms with E-state index in [1.807, 2.05) is 6.07 Å². The van der Waals surface area contributed by atoms with Crippen molar-refractivity contribution in [3.05, 3.63) is 0 Å². The highest BCUT2D eigenvalue weighted by Gasteiger charge is 2.40. The van der Waals surface area contributed by atoms with Crippen molar-refractivity contribution in [2.24, 2.45) is 11.8 Å². The molecule has 1 fully saturated rings. The molecule has 0 aliphatic heterocycles. The SMILES string of the molecule is CC1CC1C(=O)N(C)CC#N. The Labute approximate surface area is 66.6 Å². The van der Waals surface area contributed by atoms with Crippen LogP contribution in [-0.4, -0.2) is 24.4 Å². The van der Waals surface area contributed by atoms with Crippen molar-refractivity contribution in [1.82, 2.24) is 4.90 Å². The second-order valence-electron chi connectivity index (χ2n) is 3.17. The molecule has 3 nitrogen and oxygen atoms in total. The van der Waals surface area contributed by atoms with Gasteiger partial charge in [0.15, 0.2) is 0 Å². The van der Waals surface area contributed by atoms with Gasteiger partial charge in [0.1, 0.15) is 6.54 Å². The molecule has 1 rings (SSSR count). The fourth-order valence-corrected chi connectivity index (χ4v) is 1.13. The van der Waals surface area contributed by atoms with E-state index in [0.717, 1.165) is 6.42 Å². The molecule has 0 aromatic heterocycles. The summed E-state index contributed by atoms with van der Waals surface area (Å²) in [6.07, 6.45) is 0.995. The topological polar surface area (TPSA) is 44.1 Å². The highest BCUT2D eigenvalue weighted by atomic mass is 16.2. The van der Waals surface area contributed by atoms with Crippen LogP contribution in [0.5, 0.6) is 0 Å². The first kappa shape index (κ1) is 8.06. The second kappa shape index (κ2) is 2.91. The van der Waals surface area contributed by atoms with Gasteiger partial charge >= 0.3 is 0 Å². The number of hydrogen-bond acceptors (Lipinski definition) is 2. The number of carbonyl (C=O) groups excluding carboxylic acids is 1. The minimum absolute atomic E-state index is 0.124. The van der Waals surface area contributed by atoms with Gasteiger partial charge in [-0.25, -0.2) is 0 Å². The molecule has 60 valence electrons. The van der Waals surface area contributed by atoms with Gasteiger partial charge in [-0.05, 0) is 12.3 Å². The molecule has 0 bridgehead atoms. The van der Waals surface area contributed by atoms with E-state index in [-0.39, 0.29) is 18.4 Å². The van der Waals surface area contributed by atoms with E-state index >= 15 is 0 Å². The normalized spacial score (nSPS) is 27.4. The summed E-state index contributed by atoms with van der Waals surface area (Å²) in [6.45, 7) is 2.27. The van der Waals surface area contributed by atoms with Crippen LogP contribution in [0, 0.1) is 23.2 Å². The molecule has 0 radical (unpaired) electrons. The predicted octanol–water partition coefficient (Wildman–Crippen LogP) is 0.624. The van der Waals surface area contributed by atoms with Crippen LogP contribution in [0.4, 0.5) is 0 Å².